The van der Waals surface area contributed by atoms with Crippen LogP contribution in [-0.4, -0.2) is 16.1 Å². The van der Waals surface area contributed by atoms with E-state index in [1.807, 2.05) is 42.5 Å². The number of thioether (sulfide) groups is 1. The second-order valence-electron chi connectivity index (χ2n) is 5.55. The second kappa shape index (κ2) is 6.29. The number of thiocarbonyl (C=S) groups is 1. The minimum Gasteiger partial charge on any atom is -0.307 e. The van der Waals surface area contributed by atoms with E-state index in [1.54, 1.807) is 11.0 Å². The molecule has 2 aliphatic rings. The van der Waals surface area contributed by atoms with Gasteiger partial charge in [0.05, 0.1) is 22.7 Å². The smallest absolute Gasteiger partial charge is 0.264 e. The molecule has 2 heterocycles. The van der Waals surface area contributed by atoms with Crippen molar-refractivity contribution in [3.05, 3.63) is 69.6 Å². The van der Waals surface area contributed by atoms with Crippen LogP contribution >= 0.6 is 35.6 Å². The number of anilines is 1. The third-order valence-electron chi connectivity index (χ3n) is 4.05. The molecule has 0 unspecified atom stereocenters. The third kappa shape index (κ3) is 2.76. The van der Waals surface area contributed by atoms with Crippen LogP contribution in [0.3, 0.4) is 0 Å². The van der Waals surface area contributed by atoms with E-state index in [-0.39, 0.29) is 11.8 Å². The minimum atomic E-state index is -0.326. The lowest BCUT2D eigenvalue weighted by Crippen LogP contribution is -2.26. The zero-order valence-electron chi connectivity index (χ0n) is 12.8. The molecule has 2 aliphatic heterocycles. The van der Waals surface area contributed by atoms with E-state index >= 15 is 0 Å². The lowest BCUT2D eigenvalue weighted by atomic mass is 10.1. The van der Waals surface area contributed by atoms with Gasteiger partial charge in [-0.1, -0.05) is 72.0 Å². The molecule has 25 heavy (non-hydrogen) atoms. The number of hydrogen-bond donors (Lipinski definition) is 1. The van der Waals surface area contributed by atoms with E-state index in [4.69, 9.17) is 23.8 Å². The summed E-state index contributed by atoms with van der Waals surface area (Å²) in [5, 5.41) is 3.17. The molecule has 2 aromatic rings. The Kier molecular flexibility index (Phi) is 4.11. The summed E-state index contributed by atoms with van der Waals surface area (Å²) in [6.07, 6.45) is 0. The Balaban J connectivity index is 1.82. The summed E-state index contributed by atoms with van der Waals surface area (Å²) in [4.78, 5) is 27.3. The molecule has 0 radical (unpaired) electrons. The Bertz CT molecular complexity index is 971. The average Bonchev–Trinajstić information content (AvgIpc) is 3.06. The molecular weight excluding hydrogens is 376 g/mol. The number of carbonyl (C=O) groups is 2. The zero-order chi connectivity index (χ0) is 17.6. The maximum absolute atomic E-state index is 13.1. The van der Waals surface area contributed by atoms with Crippen molar-refractivity contribution in [1.29, 1.82) is 0 Å². The normalized spacial score (nSPS) is 19.4. The summed E-state index contributed by atoms with van der Waals surface area (Å²) >= 11 is 12.4. The number of carbonyl (C=O) groups excluding carboxylic acids is 2. The quantitative estimate of drug-likeness (QED) is 0.631. The molecule has 4 nitrogen and oxygen atoms in total. The van der Waals surface area contributed by atoms with Gasteiger partial charge in [-0.25, -0.2) is 0 Å². The molecule has 0 atom stereocenters. The van der Waals surface area contributed by atoms with Crippen LogP contribution in [0, 0.1) is 0 Å². The maximum atomic E-state index is 13.1. The van der Waals surface area contributed by atoms with Gasteiger partial charge in [0.1, 0.15) is 4.32 Å². The first-order chi connectivity index (χ1) is 12.1. The first-order valence-electron chi connectivity index (χ1n) is 7.48. The van der Waals surface area contributed by atoms with Crippen LogP contribution in [0.5, 0.6) is 0 Å². The van der Waals surface area contributed by atoms with Gasteiger partial charge in [-0.3, -0.25) is 9.59 Å². The fourth-order valence-corrected chi connectivity index (χ4v) is 4.24. The van der Waals surface area contributed by atoms with E-state index in [1.165, 1.54) is 0 Å². The van der Waals surface area contributed by atoms with Crippen LogP contribution in [-0.2, 0) is 16.1 Å². The number of nitrogens with one attached hydrogen (secondary N) is 1. The molecule has 0 aliphatic carbocycles. The molecule has 0 saturated carbocycles. The highest BCUT2D eigenvalue weighted by Crippen LogP contribution is 2.43. The molecule has 0 spiro atoms. The van der Waals surface area contributed by atoms with Gasteiger partial charge in [0.25, 0.3) is 11.8 Å². The molecule has 2 aromatic carbocycles. The molecule has 4 rings (SSSR count). The molecule has 7 heteroatoms. The van der Waals surface area contributed by atoms with E-state index in [9.17, 15) is 9.59 Å². The molecule has 0 bridgehead atoms. The predicted octanol–water partition coefficient (Wildman–Crippen LogP) is 3.75. The van der Waals surface area contributed by atoms with Gasteiger partial charge in [-0.05, 0) is 17.7 Å². The average molecular weight is 387 g/mol. The van der Waals surface area contributed by atoms with E-state index in [0.29, 0.717) is 26.4 Å². The zero-order valence-corrected chi connectivity index (χ0v) is 15.2. The molecule has 124 valence electrons. The number of halogens is 1. The Morgan fingerprint density at radius 1 is 1.08 bits per heavy atom. The van der Waals surface area contributed by atoms with Crippen molar-refractivity contribution in [2.24, 2.45) is 0 Å². The Hall–Kier alpha value is -2.15. The number of fused-ring (bicyclic) bond motifs is 1. The van der Waals surface area contributed by atoms with Crippen LogP contribution in [0.25, 0.3) is 5.57 Å². The number of hydrogen-bond acceptors (Lipinski definition) is 4. The van der Waals surface area contributed by atoms with E-state index < -0.39 is 0 Å². The van der Waals surface area contributed by atoms with Crippen molar-refractivity contribution in [3.63, 3.8) is 0 Å². The Morgan fingerprint density at radius 2 is 1.80 bits per heavy atom. The summed E-state index contributed by atoms with van der Waals surface area (Å²) in [5.74, 6) is -0.545. The highest BCUT2D eigenvalue weighted by atomic mass is 35.5. The van der Waals surface area contributed by atoms with Gasteiger partial charge < -0.3 is 10.2 Å². The lowest BCUT2D eigenvalue weighted by Gasteiger charge is -2.18. The summed E-state index contributed by atoms with van der Waals surface area (Å²) in [5.41, 5.74) is 2.74. The van der Waals surface area contributed by atoms with Crippen molar-refractivity contribution in [2.75, 3.05) is 4.90 Å². The van der Waals surface area contributed by atoms with Gasteiger partial charge in [-0.15, -0.1) is 0 Å². The third-order valence-corrected chi connectivity index (χ3v) is 5.66. The minimum absolute atomic E-state index is 0.219. The van der Waals surface area contributed by atoms with Crippen molar-refractivity contribution >= 4 is 63.0 Å². The van der Waals surface area contributed by atoms with Crippen LogP contribution in [0.15, 0.2) is 53.4 Å². The SMILES string of the molecule is O=C1NC(=S)S/C1=C1\C(=O)N(Cc2ccccc2Cl)c2ccccc21. The monoisotopic (exact) mass is 386 g/mol. The first kappa shape index (κ1) is 16.3. The maximum Gasteiger partial charge on any atom is 0.264 e. The van der Waals surface area contributed by atoms with Gasteiger partial charge in [0.15, 0.2) is 0 Å². The van der Waals surface area contributed by atoms with Crippen LogP contribution in [0.4, 0.5) is 5.69 Å². The fourth-order valence-electron chi connectivity index (χ4n) is 2.93. The largest absolute Gasteiger partial charge is 0.307 e. The van der Waals surface area contributed by atoms with E-state index in [0.717, 1.165) is 28.6 Å². The van der Waals surface area contributed by atoms with Gasteiger partial charge in [0, 0.05) is 10.6 Å². The highest BCUT2D eigenvalue weighted by Gasteiger charge is 2.38. The Morgan fingerprint density at radius 3 is 2.52 bits per heavy atom. The first-order valence-corrected chi connectivity index (χ1v) is 9.08. The number of nitrogens with zero attached hydrogens (tertiary/aromatic N) is 1. The summed E-state index contributed by atoms with van der Waals surface area (Å²) in [6.45, 7) is 0.336. The molecule has 2 amide bonds. The molecular formula is C18H11ClN2O2S2. The molecule has 0 aromatic heterocycles. The topological polar surface area (TPSA) is 49.4 Å². The molecule has 1 fully saturated rings. The van der Waals surface area contributed by atoms with Crippen LogP contribution in [0.2, 0.25) is 5.02 Å². The van der Waals surface area contributed by atoms with E-state index in [2.05, 4.69) is 5.32 Å². The number of benzene rings is 2. The van der Waals surface area contributed by atoms with Gasteiger partial charge in [-0.2, -0.15) is 0 Å². The standard InChI is InChI=1S/C18H11ClN2O2S2/c19-12-7-3-1-5-10(12)9-21-13-8-4-2-6-11(13)14(17(21)23)15-16(22)20-18(24)25-15/h1-8H,9H2,(H,20,22,24)/b15-14-. The summed E-state index contributed by atoms with van der Waals surface area (Å²) < 4.78 is 0.363. The van der Waals surface area contributed by atoms with Crippen LogP contribution < -0.4 is 10.2 Å². The summed E-state index contributed by atoms with van der Waals surface area (Å²) in [6, 6.07) is 14.8. The molecule has 1 saturated heterocycles. The Labute approximate surface area is 158 Å². The van der Waals surface area contributed by atoms with Gasteiger partial charge >= 0.3 is 0 Å². The van der Waals surface area contributed by atoms with Crippen molar-refractivity contribution in [3.8, 4) is 0 Å². The van der Waals surface area contributed by atoms with Gasteiger partial charge in [0.2, 0.25) is 0 Å². The lowest BCUT2D eigenvalue weighted by molar-refractivity contribution is -0.116. The number of para-hydroxylation sites is 1. The van der Waals surface area contributed by atoms with Crippen molar-refractivity contribution in [1.82, 2.24) is 5.32 Å². The fraction of sp³-hybridized carbons (Fsp3) is 0.0556. The molecule has 1 N–H and O–H groups in total. The van der Waals surface area contributed by atoms with Crippen LogP contribution in [0.1, 0.15) is 11.1 Å². The second-order valence-corrected chi connectivity index (χ2v) is 7.64. The summed E-state index contributed by atoms with van der Waals surface area (Å²) in [7, 11) is 0. The number of amides is 2. The predicted molar refractivity (Wildman–Crippen MR) is 104 cm³/mol. The highest BCUT2D eigenvalue weighted by molar-refractivity contribution is 8.27. The van der Waals surface area contributed by atoms with Crippen molar-refractivity contribution < 1.29 is 9.59 Å². The number of rotatable bonds is 2. The van der Waals surface area contributed by atoms with Crippen molar-refractivity contribution in [2.45, 2.75) is 6.54 Å².